The maximum Gasteiger partial charge on any atom is 0.248 e. The minimum absolute atomic E-state index is 0.214. The van der Waals surface area contributed by atoms with E-state index < -0.39 is 11.7 Å². The largest absolute Gasteiger partial charge is 0.366 e. The van der Waals surface area contributed by atoms with Gasteiger partial charge in [0.2, 0.25) is 5.91 Å². The Morgan fingerprint density at radius 2 is 1.75 bits per heavy atom. The minimum atomic E-state index is -0.587. The van der Waals surface area contributed by atoms with Crippen molar-refractivity contribution in [1.29, 1.82) is 0 Å². The zero-order valence-corrected chi connectivity index (χ0v) is 8.95. The lowest BCUT2D eigenvalue weighted by molar-refractivity contribution is 0.1000. The SMILES string of the molecule is NC(=O)c1cc(Br)c(F)c(Br)c1. The molecule has 64 valence electrons. The van der Waals surface area contributed by atoms with Gasteiger partial charge >= 0.3 is 0 Å². The van der Waals surface area contributed by atoms with E-state index in [4.69, 9.17) is 5.73 Å². The van der Waals surface area contributed by atoms with Crippen LogP contribution in [-0.2, 0) is 0 Å². The molecule has 0 bridgehead atoms. The van der Waals surface area contributed by atoms with E-state index in [1.54, 1.807) is 0 Å². The van der Waals surface area contributed by atoms with Crippen LogP contribution in [0.3, 0.4) is 0 Å². The Kier molecular flexibility index (Phi) is 2.85. The van der Waals surface area contributed by atoms with Crippen LogP contribution in [0.15, 0.2) is 21.1 Å². The number of halogens is 3. The average Bonchev–Trinajstić information content (AvgIpc) is 1.99. The highest BCUT2D eigenvalue weighted by Gasteiger charge is 2.09. The van der Waals surface area contributed by atoms with E-state index in [2.05, 4.69) is 31.9 Å². The maximum absolute atomic E-state index is 12.9. The van der Waals surface area contributed by atoms with Crippen molar-refractivity contribution in [2.45, 2.75) is 0 Å². The normalized spacial score (nSPS) is 9.92. The lowest BCUT2D eigenvalue weighted by Gasteiger charge is -2.00. The Balaban J connectivity index is 3.31. The number of carbonyl (C=O) groups is 1. The predicted octanol–water partition coefficient (Wildman–Crippen LogP) is 2.45. The van der Waals surface area contributed by atoms with Crippen LogP contribution in [0, 0.1) is 5.82 Å². The fourth-order valence-corrected chi connectivity index (χ4v) is 1.88. The first-order valence-electron chi connectivity index (χ1n) is 2.96. The van der Waals surface area contributed by atoms with Crippen molar-refractivity contribution < 1.29 is 9.18 Å². The molecule has 0 atom stereocenters. The Bertz CT molecular complexity index is 317. The molecule has 0 fully saturated rings. The van der Waals surface area contributed by atoms with Gasteiger partial charge in [-0.25, -0.2) is 4.39 Å². The Hall–Kier alpha value is -0.420. The van der Waals surface area contributed by atoms with E-state index in [-0.39, 0.29) is 14.5 Å². The standard InChI is InChI=1S/C7H4Br2FNO/c8-4-1-3(7(11)12)2-5(9)6(4)10/h1-2H,(H2,11,12). The zero-order chi connectivity index (χ0) is 9.30. The Labute approximate surface area is 85.2 Å². The summed E-state index contributed by atoms with van der Waals surface area (Å²) in [4.78, 5) is 10.7. The highest BCUT2D eigenvalue weighted by molar-refractivity contribution is 9.11. The van der Waals surface area contributed by atoms with Crippen LogP contribution < -0.4 is 5.73 Å². The highest BCUT2D eigenvalue weighted by atomic mass is 79.9. The van der Waals surface area contributed by atoms with Crippen LogP contribution in [0.5, 0.6) is 0 Å². The van der Waals surface area contributed by atoms with Gasteiger partial charge in [-0.1, -0.05) is 0 Å². The van der Waals surface area contributed by atoms with Crippen molar-refractivity contribution in [1.82, 2.24) is 0 Å². The second-order valence-electron chi connectivity index (χ2n) is 2.12. The molecule has 0 spiro atoms. The van der Waals surface area contributed by atoms with Crippen LogP contribution in [0.4, 0.5) is 4.39 Å². The van der Waals surface area contributed by atoms with E-state index in [0.717, 1.165) is 0 Å². The molecule has 2 N–H and O–H groups in total. The number of hydrogen-bond acceptors (Lipinski definition) is 1. The lowest BCUT2D eigenvalue weighted by Crippen LogP contribution is -2.11. The average molecular weight is 297 g/mol. The number of nitrogens with two attached hydrogens (primary N) is 1. The third-order valence-electron chi connectivity index (χ3n) is 1.27. The van der Waals surface area contributed by atoms with E-state index in [1.807, 2.05) is 0 Å². The van der Waals surface area contributed by atoms with Gasteiger partial charge in [-0.15, -0.1) is 0 Å². The summed E-state index contributed by atoms with van der Waals surface area (Å²) in [7, 11) is 0. The predicted molar refractivity (Wildman–Crippen MR) is 50.3 cm³/mol. The molecule has 0 saturated heterocycles. The molecule has 12 heavy (non-hydrogen) atoms. The van der Waals surface area contributed by atoms with E-state index in [0.29, 0.717) is 0 Å². The molecule has 0 unspecified atom stereocenters. The quantitative estimate of drug-likeness (QED) is 0.795. The van der Waals surface area contributed by atoms with Gasteiger partial charge in [0.25, 0.3) is 0 Å². The van der Waals surface area contributed by atoms with Crippen molar-refractivity contribution in [2.75, 3.05) is 0 Å². The molecule has 1 rings (SSSR count). The van der Waals surface area contributed by atoms with Gasteiger partial charge in [-0.2, -0.15) is 0 Å². The summed E-state index contributed by atoms with van der Waals surface area (Å²) in [5, 5.41) is 0. The third-order valence-corrected chi connectivity index (χ3v) is 2.42. The van der Waals surface area contributed by atoms with Gasteiger partial charge in [0.1, 0.15) is 0 Å². The van der Waals surface area contributed by atoms with Crippen molar-refractivity contribution in [2.24, 2.45) is 5.73 Å². The number of carbonyl (C=O) groups excluding carboxylic acids is 1. The van der Waals surface area contributed by atoms with Crippen LogP contribution in [0.25, 0.3) is 0 Å². The van der Waals surface area contributed by atoms with Crippen molar-refractivity contribution >= 4 is 37.8 Å². The number of amides is 1. The summed E-state index contributed by atoms with van der Waals surface area (Å²) in [5.74, 6) is -1.03. The van der Waals surface area contributed by atoms with E-state index in [1.165, 1.54) is 12.1 Å². The molecule has 1 aromatic rings. The maximum atomic E-state index is 12.9. The van der Waals surface area contributed by atoms with Gasteiger partial charge in [0.15, 0.2) is 5.82 Å². The molecule has 5 heteroatoms. The number of hydrogen-bond donors (Lipinski definition) is 1. The van der Waals surface area contributed by atoms with Crippen LogP contribution in [-0.4, -0.2) is 5.91 Å². The van der Waals surface area contributed by atoms with Crippen molar-refractivity contribution in [3.8, 4) is 0 Å². The number of rotatable bonds is 1. The second-order valence-corrected chi connectivity index (χ2v) is 3.83. The highest BCUT2D eigenvalue weighted by Crippen LogP contribution is 2.25. The molecule has 0 aromatic heterocycles. The molecule has 0 aliphatic heterocycles. The monoisotopic (exact) mass is 295 g/mol. The smallest absolute Gasteiger partial charge is 0.248 e. The fraction of sp³-hybridized carbons (Fsp3) is 0. The van der Waals surface area contributed by atoms with Crippen LogP contribution in [0.1, 0.15) is 10.4 Å². The van der Waals surface area contributed by atoms with Gasteiger partial charge in [-0.3, -0.25) is 4.79 Å². The molecule has 0 aliphatic rings. The molecule has 0 heterocycles. The third kappa shape index (κ3) is 1.84. The molecule has 1 aromatic carbocycles. The molecular weight excluding hydrogens is 293 g/mol. The first-order valence-corrected chi connectivity index (χ1v) is 4.55. The molecule has 0 aliphatic carbocycles. The fourth-order valence-electron chi connectivity index (χ4n) is 0.698. The summed E-state index contributed by atoms with van der Waals surface area (Å²) in [5.41, 5.74) is 5.26. The number of primary amides is 1. The van der Waals surface area contributed by atoms with Crippen molar-refractivity contribution in [3.63, 3.8) is 0 Å². The topological polar surface area (TPSA) is 43.1 Å². The molecule has 0 saturated carbocycles. The summed E-state index contributed by atoms with van der Waals surface area (Å²) >= 11 is 5.90. The first-order chi connectivity index (χ1) is 5.52. The van der Waals surface area contributed by atoms with Gasteiger partial charge in [0, 0.05) is 5.56 Å². The van der Waals surface area contributed by atoms with Crippen molar-refractivity contribution in [3.05, 3.63) is 32.5 Å². The summed E-state index contributed by atoms with van der Waals surface area (Å²) < 4.78 is 13.4. The zero-order valence-electron chi connectivity index (χ0n) is 5.77. The summed E-state index contributed by atoms with van der Waals surface area (Å²) in [6.07, 6.45) is 0. The molecule has 2 nitrogen and oxygen atoms in total. The van der Waals surface area contributed by atoms with E-state index in [9.17, 15) is 9.18 Å². The lowest BCUT2D eigenvalue weighted by atomic mass is 10.2. The minimum Gasteiger partial charge on any atom is -0.366 e. The van der Waals surface area contributed by atoms with Gasteiger partial charge < -0.3 is 5.73 Å². The number of benzene rings is 1. The first kappa shape index (κ1) is 9.67. The Morgan fingerprint density at radius 1 is 1.33 bits per heavy atom. The van der Waals surface area contributed by atoms with Crippen LogP contribution in [0.2, 0.25) is 0 Å². The molecular formula is C7H4Br2FNO. The second kappa shape index (κ2) is 3.53. The summed E-state index contributed by atoms with van der Waals surface area (Å²) in [6.45, 7) is 0. The Morgan fingerprint density at radius 3 is 2.08 bits per heavy atom. The van der Waals surface area contributed by atoms with Gasteiger partial charge in [-0.05, 0) is 44.0 Å². The van der Waals surface area contributed by atoms with Crippen LogP contribution >= 0.6 is 31.9 Å². The molecule has 1 amide bonds. The summed E-state index contributed by atoms with van der Waals surface area (Å²) in [6, 6.07) is 2.67. The van der Waals surface area contributed by atoms with Gasteiger partial charge in [0.05, 0.1) is 8.95 Å². The molecule has 0 radical (unpaired) electrons. The van der Waals surface area contributed by atoms with E-state index >= 15 is 0 Å².